The van der Waals surface area contributed by atoms with Crippen molar-refractivity contribution in [2.24, 2.45) is 5.41 Å². The Bertz CT molecular complexity index is 673. The Kier molecular flexibility index (Phi) is 3.73. The third kappa shape index (κ3) is 2.70. The molecule has 23 heavy (non-hydrogen) atoms. The van der Waals surface area contributed by atoms with Crippen LogP contribution in [0.25, 0.3) is 5.57 Å². The second-order valence-electron chi connectivity index (χ2n) is 7.25. The van der Waals surface area contributed by atoms with Crippen molar-refractivity contribution < 1.29 is 9.53 Å². The highest BCUT2D eigenvalue weighted by Crippen LogP contribution is 2.41. The molecule has 0 radical (unpaired) electrons. The molecular formula is C19H22ClNO2. The normalized spacial score (nSPS) is 28.4. The van der Waals surface area contributed by atoms with Gasteiger partial charge in [0.1, 0.15) is 0 Å². The van der Waals surface area contributed by atoms with E-state index in [-0.39, 0.29) is 11.4 Å². The van der Waals surface area contributed by atoms with Crippen molar-refractivity contribution in [2.45, 2.75) is 32.6 Å². The van der Waals surface area contributed by atoms with Crippen LogP contribution in [-0.4, -0.2) is 37.1 Å². The Morgan fingerprint density at radius 1 is 1.26 bits per heavy atom. The van der Waals surface area contributed by atoms with E-state index in [1.165, 1.54) is 5.56 Å². The molecule has 5 rings (SSSR count). The number of carbonyl (C=O) groups is 1. The first-order chi connectivity index (χ1) is 11.1. The van der Waals surface area contributed by atoms with E-state index in [0.717, 1.165) is 56.4 Å². The van der Waals surface area contributed by atoms with E-state index in [1.54, 1.807) is 0 Å². The molecule has 122 valence electrons. The summed E-state index contributed by atoms with van der Waals surface area (Å²) < 4.78 is 5.74. The summed E-state index contributed by atoms with van der Waals surface area (Å²) in [5, 5.41) is 0.711. The van der Waals surface area contributed by atoms with Gasteiger partial charge in [-0.1, -0.05) is 23.7 Å². The van der Waals surface area contributed by atoms with Crippen molar-refractivity contribution in [3.63, 3.8) is 0 Å². The number of hydrogen-bond acceptors (Lipinski definition) is 3. The molecule has 0 unspecified atom stereocenters. The van der Waals surface area contributed by atoms with Gasteiger partial charge in [-0.3, -0.25) is 0 Å². The van der Waals surface area contributed by atoms with Crippen LogP contribution in [0.3, 0.4) is 0 Å². The largest absolute Gasteiger partial charge is 0.461 e. The fourth-order valence-electron chi connectivity index (χ4n) is 4.09. The van der Waals surface area contributed by atoms with Crippen LogP contribution in [0.4, 0.5) is 0 Å². The second kappa shape index (κ2) is 5.64. The highest BCUT2D eigenvalue weighted by Gasteiger charge is 2.40. The first-order valence-corrected chi connectivity index (χ1v) is 8.83. The Balaban J connectivity index is 1.46. The molecule has 0 aromatic heterocycles. The smallest absolute Gasteiger partial charge is 0.338 e. The van der Waals surface area contributed by atoms with E-state index in [4.69, 9.17) is 16.3 Å². The van der Waals surface area contributed by atoms with Crippen LogP contribution < -0.4 is 0 Å². The maximum Gasteiger partial charge on any atom is 0.338 e. The number of piperidine rings is 3. The SMILES string of the molecule is Cc1cc2c(cc1Cl)C(C(=O)OCC13CCN(CC1)CC3)=CC2. The van der Waals surface area contributed by atoms with Crippen LogP contribution >= 0.6 is 11.6 Å². The highest BCUT2D eigenvalue weighted by atomic mass is 35.5. The van der Waals surface area contributed by atoms with Crippen molar-refractivity contribution in [1.82, 2.24) is 4.90 Å². The molecule has 1 aromatic rings. The average Bonchev–Trinajstić information content (AvgIpc) is 2.98. The molecule has 3 nitrogen and oxygen atoms in total. The number of esters is 1. The molecule has 2 bridgehead atoms. The van der Waals surface area contributed by atoms with Crippen LogP contribution in [-0.2, 0) is 16.0 Å². The number of halogens is 1. The Morgan fingerprint density at radius 2 is 1.96 bits per heavy atom. The average molecular weight is 332 g/mol. The van der Waals surface area contributed by atoms with Gasteiger partial charge in [-0.2, -0.15) is 0 Å². The summed E-state index contributed by atoms with van der Waals surface area (Å²) in [5.74, 6) is -0.189. The summed E-state index contributed by atoms with van der Waals surface area (Å²) in [5.41, 5.74) is 4.08. The van der Waals surface area contributed by atoms with Gasteiger partial charge in [0.25, 0.3) is 0 Å². The number of fused-ring (bicyclic) bond motifs is 4. The molecule has 3 aliphatic heterocycles. The maximum atomic E-state index is 12.6. The minimum Gasteiger partial charge on any atom is -0.461 e. The van der Waals surface area contributed by atoms with E-state index in [0.29, 0.717) is 17.2 Å². The first-order valence-electron chi connectivity index (χ1n) is 8.45. The van der Waals surface area contributed by atoms with Gasteiger partial charge < -0.3 is 9.64 Å². The van der Waals surface area contributed by atoms with Gasteiger partial charge in [0.05, 0.1) is 12.2 Å². The predicted molar refractivity (Wildman–Crippen MR) is 91.6 cm³/mol. The zero-order valence-corrected chi connectivity index (χ0v) is 14.3. The number of aryl methyl sites for hydroxylation is 1. The molecule has 0 amide bonds. The molecule has 3 fully saturated rings. The van der Waals surface area contributed by atoms with Gasteiger partial charge in [-0.05, 0) is 75.0 Å². The quantitative estimate of drug-likeness (QED) is 0.792. The third-order valence-electron chi connectivity index (χ3n) is 5.81. The Morgan fingerprint density at radius 3 is 2.65 bits per heavy atom. The van der Waals surface area contributed by atoms with Crippen molar-refractivity contribution in [2.75, 3.05) is 26.2 Å². The lowest BCUT2D eigenvalue weighted by Crippen LogP contribution is -2.50. The van der Waals surface area contributed by atoms with Crippen LogP contribution in [0.2, 0.25) is 5.02 Å². The lowest BCUT2D eigenvalue weighted by Gasteiger charge is -2.47. The molecule has 0 atom stereocenters. The zero-order chi connectivity index (χ0) is 16.0. The Labute approximate surface area is 142 Å². The number of allylic oxidation sites excluding steroid dienone is 1. The summed E-state index contributed by atoms with van der Waals surface area (Å²) in [6, 6.07) is 3.98. The van der Waals surface area contributed by atoms with E-state index in [1.807, 2.05) is 19.1 Å². The number of rotatable bonds is 3. The summed E-state index contributed by atoms with van der Waals surface area (Å²) >= 11 is 6.23. The van der Waals surface area contributed by atoms with Gasteiger partial charge in [0.2, 0.25) is 0 Å². The van der Waals surface area contributed by atoms with E-state index in [9.17, 15) is 4.79 Å². The standard InChI is InChI=1S/C19H22ClNO2/c1-13-10-14-2-3-15(16(14)11-17(13)20)18(22)23-12-19-4-7-21(8-5-19)9-6-19/h3,10-11H,2,4-9,12H2,1H3. The van der Waals surface area contributed by atoms with Crippen molar-refractivity contribution in [3.05, 3.63) is 39.9 Å². The van der Waals surface area contributed by atoms with Gasteiger partial charge in [-0.15, -0.1) is 0 Å². The van der Waals surface area contributed by atoms with E-state index in [2.05, 4.69) is 11.0 Å². The monoisotopic (exact) mass is 331 g/mol. The van der Waals surface area contributed by atoms with Crippen LogP contribution in [0.15, 0.2) is 18.2 Å². The lowest BCUT2D eigenvalue weighted by atomic mass is 9.73. The fraction of sp³-hybridized carbons (Fsp3) is 0.526. The Hall–Kier alpha value is -1.32. The fourth-order valence-corrected chi connectivity index (χ4v) is 4.25. The van der Waals surface area contributed by atoms with Crippen molar-refractivity contribution >= 4 is 23.1 Å². The molecule has 4 aliphatic rings. The summed E-state index contributed by atoms with van der Waals surface area (Å²) in [6.45, 7) is 6.01. The van der Waals surface area contributed by atoms with Crippen molar-refractivity contribution in [3.8, 4) is 0 Å². The maximum absolute atomic E-state index is 12.6. The number of benzene rings is 1. The summed E-state index contributed by atoms with van der Waals surface area (Å²) in [6.07, 6.45) is 6.23. The number of ether oxygens (including phenoxy) is 1. The molecule has 0 spiro atoms. The molecule has 1 aromatic carbocycles. The van der Waals surface area contributed by atoms with Gasteiger partial charge in [0.15, 0.2) is 0 Å². The van der Waals surface area contributed by atoms with E-state index < -0.39 is 0 Å². The topological polar surface area (TPSA) is 29.5 Å². The molecule has 4 heteroatoms. The predicted octanol–water partition coefficient (Wildman–Crippen LogP) is 3.62. The van der Waals surface area contributed by atoms with E-state index >= 15 is 0 Å². The molecule has 3 saturated heterocycles. The lowest BCUT2D eigenvalue weighted by molar-refractivity contribution is -0.143. The number of carbonyl (C=O) groups excluding carboxylic acids is 1. The molecule has 0 N–H and O–H groups in total. The molecule has 1 aliphatic carbocycles. The summed E-state index contributed by atoms with van der Waals surface area (Å²) in [4.78, 5) is 15.1. The number of nitrogens with zero attached hydrogens (tertiary/aromatic N) is 1. The van der Waals surface area contributed by atoms with Gasteiger partial charge >= 0.3 is 5.97 Å². The first kappa shape index (κ1) is 15.2. The molecule has 0 saturated carbocycles. The minimum atomic E-state index is -0.189. The van der Waals surface area contributed by atoms with Crippen LogP contribution in [0, 0.1) is 12.3 Å². The van der Waals surface area contributed by atoms with Gasteiger partial charge in [0, 0.05) is 10.4 Å². The third-order valence-corrected chi connectivity index (χ3v) is 6.21. The minimum absolute atomic E-state index is 0.189. The summed E-state index contributed by atoms with van der Waals surface area (Å²) in [7, 11) is 0. The highest BCUT2D eigenvalue weighted by molar-refractivity contribution is 6.32. The zero-order valence-electron chi connectivity index (χ0n) is 13.5. The molecular weight excluding hydrogens is 310 g/mol. The number of hydrogen-bond donors (Lipinski definition) is 0. The second-order valence-corrected chi connectivity index (χ2v) is 7.66. The van der Waals surface area contributed by atoms with Gasteiger partial charge in [-0.25, -0.2) is 4.79 Å². The van der Waals surface area contributed by atoms with Crippen LogP contribution in [0.1, 0.15) is 36.0 Å². The van der Waals surface area contributed by atoms with Crippen molar-refractivity contribution in [1.29, 1.82) is 0 Å². The van der Waals surface area contributed by atoms with Crippen LogP contribution in [0.5, 0.6) is 0 Å². The molecule has 3 heterocycles.